The predicted octanol–water partition coefficient (Wildman–Crippen LogP) is 1.32. The summed E-state index contributed by atoms with van der Waals surface area (Å²) < 4.78 is 11.5. The highest BCUT2D eigenvalue weighted by Crippen LogP contribution is 2.43. The van der Waals surface area contributed by atoms with Crippen LogP contribution in [0.3, 0.4) is 0 Å². The van der Waals surface area contributed by atoms with Crippen LogP contribution in [0.25, 0.3) is 0 Å². The molecule has 0 aliphatic carbocycles. The van der Waals surface area contributed by atoms with E-state index in [-0.39, 0.29) is 5.60 Å². The van der Waals surface area contributed by atoms with Crippen LogP contribution in [0.4, 0.5) is 0 Å². The molecule has 4 heteroatoms. The molecule has 19 heavy (non-hydrogen) atoms. The summed E-state index contributed by atoms with van der Waals surface area (Å²) in [6.45, 7) is 6.38. The third-order valence-corrected chi connectivity index (χ3v) is 5.51. The van der Waals surface area contributed by atoms with Gasteiger partial charge in [0.1, 0.15) is 0 Å². The average molecular weight is 269 g/mol. The molecule has 3 aliphatic rings. The molecule has 110 valence electrons. The van der Waals surface area contributed by atoms with Crippen LogP contribution < -0.4 is 5.32 Å². The molecule has 3 rings (SSSR count). The van der Waals surface area contributed by atoms with Crippen LogP contribution in [0.5, 0.6) is 0 Å². The van der Waals surface area contributed by atoms with Gasteiger partial charge in [-0.15, -0.1) is 0 Å². The van der Waals surface area contributed by atoms with E-state index >= 15 is 0 Å². The van der Waals surface area contributed by atoms with E-state index in [9.17, 15) is 5.11 Å². The molecule has 4 nitrogen and oxygen atoms in total. The van der Waals surface area contributed by atoms with Crippen LogP contribution >= 0.6 is 0 Å². The van der Waals surface area contributed by atoms with Crippen LogP contribution in [-0.2, 0) is 9.47 Å². The molecule has 3 heterocycles. The lowest BCUT2D eigenvalue weighted by atomic mass is 9.69. The highest BCUT2D eigenvalue weighted by molar-refractivity contribution is 4.99. The van der Waals surface area contributed by atoms with E-state index in [0.29, 0.717) is 18.4 Å². The molecule has 4 unspecified atom stereocenters. The summed E-state index contributed by atoms with van der Waals surface area (Å²) in [7, 11) is 0. The van der Waals surface area contributed by atoms with Gasteiger partial charge in [0.2, 0.25) is 0 Å². The zero-order valence-electron chi connectivity index (χ0n) is 12.0. The molecule has 0 aromatic heterocycles. The smallest absolute Gasteiger partial charge is 0.0940 e. The van der Waals surface area contributed by atoms with Crippen molar-refractivity contribution in [1.29, 1.82) is 0 Å². The molecule has 0 aromatic carbocycles. The van der Waals surface area contributed by atoms with E-state index in [1.165, 1.54) is 6.42 Å². The fraction of sp³-hybridized carbons (Fsp3) is 1.00. The second-order valence-electron chi connectivity index (χ2n) is 6.79. The lowest BCUT2D eigenvalue weighted by Gasteiger charge is -2.47. The van der Waals surface area contributed by atoms with Gasteiger partial charge in [-0.05, 0) is 45.1 Å². The SMILES string of the molecule is CC(O)(C1CCCNC1)C1CCOC2(CCOC2)C1. The van der Waals surface area contributed by atoms with Crippen molar-refractivity contribution in [3.05, 3.63) is 0 Å². The Morgan fingerprint density at radius 2 is 2.16 bits per heavy atom. The molecular weight excluding hydrogens is 242 g/mol. The molecule has 2 N–H and O–H groups in total. The summed E-state index contributed by atoms with van der Waals surface area (Å²) in [5.41, 5.74) is -0.679. The monoisotopic (exact) mass is 269 g/mol. The fourth-order valence-electron chi connectivity index (χ4n) is 4.07. The molecule has 0 radical (unpaired) electrons. The van der Waals surface area contributed by atoms with Crippen molar-refractivity contribution in [1.82, 2.24) is 5.32 Å². The van der Waals surface area contributed by atoms with Gasteiger partial charge in [0.05, 0.1) is 17.8 Å². The minimum atomic E-state index is -0.577. The Bertz CT molecular complexity index is 307. The first-order valence-electron chi connectivity index (χ1n) is 7.77. The van der Waals surface area contributed by atoms with Crippen molar-refractivity contribution in [3.63, 3.8) is 0 Å². The average Bonchev–Trinajstić information content (AvgIpc) is 2.88. The highest BCUT2D eigenvalue weighted by Gasteiger charge is 2.48. The van der Waals surface area contributed by atoms with E-state index in [1.54, 1.807) is 0 Å². The third kappa shape index (κ3) is 2.68. The summed E-state index contributed by atoms with van der Waals surface area (Å²) in [5, 5.41) is 14.5. The topological polar surface area (TPSA) is 50.7 Å². The fourth-order valence-corrected chi connectivity index (χ4v) is 4.07. The Hall–Kier alpha value is -0.160. The summed E-state index contributed by atoms with van der Waals surface area (Å²) >= 11 is 0. The van der Waals surface area contributed by atoms with Crippen molar-refractivity contribution in [3.8, 4) is 0 Å². The summed E-state index contributed by atoms with van der Waals surface area (Å²) in [6.07, 6.45) is 5.24. The standard InChI is InChI=1S/C15H27NO3/c1-14(17,13-3-2-6-16-10-13)12-4-7-19-15(9-12)5-8-18-11-15/h12-13,16-17H,2-11H2,1H3. The summed E-state index contributed by atoms with van der Waals surface area (Å²) in [4.78, 5) is 0. The Morgan fingerprint density at radius 1 is 1.26 bits per heavy atom. The molecule has 0 bridgehead atoms. The second-order valence-corrected chi connectivity index (χ2v) is 6.79. The van der Waals surface area contributed by atoms with E-state index < -0.39 is 5.60 Å². The number of piperidine rings is 1. The van der Waals surface area contributed by atoms with E-state index in [1.807, 2.05) is 6.92 Å². The van der Waals surface area contributed by atoms with Gasteiger partial charge < -0.3 is 19.9 Å². The van der Waals surface area contributed by atoms with Crippen LogP contribution in [-0.4, -0.2) is 49.2 Å². The first kappa shape index (κ1) is 13.8. The Kier molecular flexibility index (Phi) is 3.87. The molecule has 4 atom stereocenters. The van der Waals surface area contributed by atoms with Crippen molar-refractivity contribution in [2.45, 2.75) is 50.2 Å². The number of ether oxygens (including phenoxy) is 2. The first-order chi connectivity index (χ1) is 9.12. The van der Waals surface area contributed by atoms with Crippen molar-refractivity contribution < 1.29 is 14.6 Å². The van der Waals surface area contributed by atoms with Crippen LogP contribution in [0.2, 0.25) is 0 Å². The first-order valence-corrected chi connectivity index (χ1v) is 7.77. The lowest BCUT2D eigenvalue weighted by Crippen LogP contribution is -2.53. The summed E-state index contributed by atoms with van der Waals surface area (Å²) in [6, 6.07) is 0. The zero-order valence-corrected chi connectivity index (χ0v) is 12.0. The third-order valence-electron chi connectivity index (χ3n) is 5.51. The normalized spacial score (nSPS) is 43.3. The van der Waals surface area contributed by atoms with E-state index in [2.05, 4.69) is 5.32 Å². The largest absolute Gasteiger partial charge is 0.390 e. The predicted molar refractivity (Wildman–Crippen MR) is 73.1 cm³/mol. The minimum absolute atomic E-state index is 0.102. The Morgan fingerprint density at radius 3 is 2.84 bits per heavy atom. The molecule has 3 fully saturated rings. The number of hydrogen-bond donors (Lipinski definition) is 2. The minimum Gasteiger partial charge on any atom is -0.390 e. The van der Waals surface area contributed by atoms with Crippen LogP contribution in [0.1, 0.15) is 39.0 Å². The van der Waals surface area contributed by atoms with Gasteiger partial charge in [-0.1, -0.05) is 0 Å². The number of rotatable bonds is 2. The van der Waals surface area contributed by atoms with Gasteiger partial charge in [-0.25, -0.2) is 0 Å². The van der Waals surface area contributed by atoms with Crippen molar-refractivity contribution in [2.75, 3.05) is 32.9 Å². The van der Waals surface area contributed by atoms with Crippen molar-refractivity contribution in [2.24, 2.45) is 11.8 Å². The molecule has 1 spiro atoms. The maximum absolute atomic E-state index is 11.1. The number of hydrogen-bond acceptors (Lipinski definition) is 4. The van der Waals surface area contributed by atoms with Crippen LogP contribution in [0.15, 0.2) is 0 Å². The van der Waals surface area contributed by atoms with E-state index in [4.69, 9.17) is 9.47 Å². The van der Waals surface area contributed by atoms with Gasteiger partial charge in [-0.2, -0.15) is 0 Å². The van der Waals surface area contributed by atoms with E-state index in [0.717, 1.165) is 52.0 Å². The van der Waals surface area contributed by atoms with Gasteiger partial charge in [0.15, 0.2) is 0 Å². The Labute approximate surface area is 115 Å². The lowest BCUT2D eigenvalue weighted by molar-refractivity contribution is -0.154. The second kappa shape index (κ2) is 5.32. The maximum Gasteiger partial charge on any atom is 0.0940 e. The van der Waals surface area contributed by atoms with Gasteiger partial charge >= 0.3 is 0 Å². The van der Waals surface area contributed by atoms with Gasteiger partial charge in [0, 0.05) is 32.1 Å². The quantitative estimate of drug-likeness (QED) is 0.794. The molecule has 3 saturated heterocycles. The molecule has 3 aliphatic heterocycles. The van der Waals surface area contributed by atoms with Crippen LogP contribution in [0, 0.1) is 11.8 Å². The van der Waals surface area contributed by atoms with Gasteiger partial charge in [0.25, 0.3) is 0 Å². The molecular formula is C15H27NO3. The van der Waals surface area contributed by atoms with Gasteiger partial charge in [-0.3, -0.25) is 0 Å². The highest BCUT2D eigenvalue weighted by atomic mass is 16.6. The maximum atomic E-state index is 11.1. The zero-order chi connectivity index (χ0) is 13.3. The molecule has 0 aromatic rings. The van der Waals surface area contributed by atoms with Crippen molar-refractivity contribution >= 4 is 0 Å². The number of aliphatic hydroxyl groups is 1. The molecule has 0 saturated carbocycles. The Balaban J connectivity index is 1.69. The molecule has 0 amide bonds. The number of nitrogens with one attached hydrogen (secondary N) is 1. The summed E-state index contributed by atoms with van der Waals surface area (Å²) in [5.74, 6) is 0.719.